The molecule has 23 heavy (non-hydrogen) atoms. The molecule has 2 unspecified atom stereocenters. The number of carboxylic acids is 2. The first-order valence-electron chi connectivity index (χ1n) is 7.09. The van der Waals surface area contributed by atoms with E-state index in [0.717, 1.165) is 0 Å². The predicted octanol–water partition coefficient (Wildman–Crippen LogP) is 0.540. The highest BCUT2D eigenvalue weighted by molar-refractivity contribution is 5.88. The Labute approximate surface area is 132 Å². The van der Waals surface area contributed by atoms with E-state index in [4.69, 9.17) is 14.9 Å². The molecule has 1 aliphatic rings. The van der Waals surface area contributed by atoms with Gasteiger partial charge in [-0.05, 0) is 24.3 Å². The normalized spacial score (nSPS) is 23.3. The van der Waals surface area contributed by atoms with Gasteiger partial charge in [-0.25, -0.2) is 0 Å². The number of rotatable bonds is 6. The van der Waals surface area contributed by atoms with Crippen molar-refractivity contribution in [2.75, 3.05) is 11.9 Å². The number of hydrogen-bond donors (Lipinski definition) is 4. The van der Waals surface area contributed by atoms with Gasteiger partial charge in [0.15, 0.2) is 0 Å². The second-order valence-corrected chi connectivity index (χ2v) is 5.35. The van der Waals surface area contributed by atoms with E-state index in [-0.39, 0.29) is 18.9 Å². The molecule has 0 aromatic heterocycles. The van der Waals surface area contributed by atoms with Gasteiger partial charge in [-0.15, -0.1) is 0 Å². The summed E-state index contributed by atoms with van der Waals surface area (Å²) < 4.78 is 5.73. The third-order valence-electron chi connectivity index (χ3n) is 3.58. The molecule has 124 valence electrons. The SMILES string of the molecule is CC(=O)Nc1ccc(OC2CNC(C(=O)O)[C@H]2CC(=O)O)cc1. The lowest BCUT2D eigenvalue weighted by molar-refractivity contribution is -0.142. The Bertz CT molecular complexity index is 600. The molecule has 1 heterocycles. The number of hydrogen-bond acceptors (Lipinski definition) is 5. The van der Waals surface area contributed by atoms with Gasteiger partial charge in [-0.1, -0.05) is 0 Å². The molecule has 1 aromatic carbocycles. The van der Waals surface area contributed by atoms with Gasteiger partial charge in [0.25, 0.3) is 0 Å². The minimum Gasteiger partial charge on any atom is -0.489 e. The van der Waals surface area contributed by atoms with Crippen molar-refractivity contribution in [3.8, 4) is 5.75 Å². The fourth-order valence-electron chi connectivity index (χ4n) is 2.61. The first-order valence-corrected chi connectivity index (χ1v) is 7.09. The van der Waals surface area contributed by atoms with E-state index in [1.54, 1.807) is 24.3 Å². The lowest BCUT2D eigenvalue weighted by atomic mass is 9.94. The number of carbonyl (C=O) groups excluding carboxylic acids is 1. The van der Waals surface area contributed by atoms with Crippen molar-refractivity contribution in [2.45, 2.75) is 25.5 Å². The van der Waals surface area contributed by atoms with Crippen molar-refractivity contribution in [1.29, 1.82) is 0 Å². The molecule has 1 fully saturated rings. The monoisotopic (exact) mass is 322 g/mol. The molecule has 8 heteroatoms. The highest BCUT2D eigenvalue weighted by Gasteiger charge is 2.42. The Morgan fingerprint density at radius 1 is 1.26 bits per heavy atom. The summed E-state index contributed by atoms with van der Waals surface area (Å²) in [5, 5.41) is 23.5. The van der Waals surface area contributed by atoms with E-state index in [1.807, 2.05) is 0 Å². The van der Waals surface area contributed by atoms with Crippen LogP contribution in [-0.2, 0) is 14.4 Å². The molecular formula is C15H18N2O6. The molecular weight excluding hydrogens is 304 g/mol. The molecule has 0 saturated carbocycles. The van der Waals surface area contributed by atoms with Crippen molar-refractivity contribution in [1.82, 2.24) is 5.32 Å². The van der Waals surface area contributed by atoms with Crippen LogP contribution in [-0.4, -0.2) is 46.7 Å². The number of aliphatic carboxylic acids is 2. The van der Waals surface area contributed by atoms with Crippen LogP contribution in [0.1, 0.15) is 13.3 Å². The topological polar surface area (TPSA) is 125 Å². The number of carboxylic acid groups (broad SMARTS) is 2. The lowest BCUT2D eigenvalue weighted by Gasteiger charge is -2.21. The molecule has 1 amide bonds. The first kappa shape index (κ1) is 16.8. The van der Waals surface area contributed by atoms with Crippen molar-refractivity contribution in [3.05, 3.63) is 24.3 Å². The first-order chi connectivity index (χ1) is 10.9. The predicted molar refractivity (Wildman–Crippen MR) is 80.3 cm³/mol. The Morgan fingerprint density at radius 2 is 1.91 bits per heavy atom. The van der Waals surface area contributed by atoms with Crippen LogP contribution in [0, 0.1) is 5.92 Å². The Morgan fingerprint density at radius 3 is 2.43 bits per heavy atom. The summed E-state index contributed by atoms with van der Waals surface area (Å²) >= 11 is 0. The summed E-state index contributed by atoms with van der Waals surface area (Å²) in [6.07, 6.45) is -0.850. The number of amides is 1. The van der Waals surface area contributed by atoms with Crippen molar-refractivity contribution in [2.24, 2.45) is 5.92 Å². The smallest absolute Gasteiger partial charge is 0.321 e. The van der Waals surface area contributed by atoms with Gasteiger partial charge in [0.05, 0.1) is 6.42 Å². The number of anilines is 1. The summed E-state index contributed by atoms with van der Waals surface area (Å²) in [6.45, 7) is 1.65. The van der Waals surface area contributed by atoms with Crippen LogP contribution in [0.5, 0.6) is 5.75 Å². The van der Waals surface area contributed by atoms with Crippen LogP contribution in [0.3, 0.4) is 0 Å². The quantitative estimate of drug-likeness (QED) is 0.602. The molecule has 2 rings (SSSR count). The van der Waals surface area contributed by atoms with Crippen LogP contribution in [0.15, 0.2) is 24.3 Å². The highest BCUT2D eigenvalue weighted by Crippen LogP contribution is 2.26. The number of ether oxygens (including phenoxy) is 1. The Hall–Kier alpha value is -2.61. The summed E-state index contributed by atoms with van der Waals surface area (Å²) in [6, 6.07) is 5.63. The average molecular weight is 322 g/mol. The number of carbonyl (C=O) groups is 3. The third kappa shape index (κ3) is 4.43. The van der Waals surface area contributed by atoms with E-state index in [9.17, 15) is 14.4 Å². The summed E-state index contributed by atoms with van der Waals surface area (Å²) in [4.78, 5) is 33.1. The van der Waals surface area contributed by atoms with Crippen molar-refractivity contribution < 1.29 is 29.3 Å². The van der Waals surface area contributed by atoms with Crippen LogP contribution in [0.25, 0.3) is 0 Å². The minimum atomic E-state index is -1.09. The fraction of sp³-hybridized carbons (Fsp3) is 0.400. The number of benzene rings is 1. The van der Waals surface area contributed by atoms with Crippen LogP contribution in [0.2, 0.25) is 0 Å². The van der Waals surface area contributed by atoms with Gasteiger partial charge in [0.1, 0.15) is 17.9 Å². The van der Waals surface area contributed by atoms with Gasteiger partial charge >= 0.3 is 11.9 Å². The van der Waals surface area contributed by atoms with Crippen LogP contribution >= 0.6 is 0 Å². The van der Waals surface area contributed by atoms with Crippen LogP contribution < -0.4 is 15.4 Å². The average Bonchev–Trinajstić information content (AvgIpc) is 2.83. The molecule has 8 nitrogen and oxygen atoms in total. The molecule has 0 bridgehead atoms. The Balaban J connectivity index is 2.06. The molecule has 0 spiro atoms. The molecule has 1 saturated heterocycles. The van der Waals surface area contributed by atoms with Gasteiger partial charge < -0.3 is 25.6 Å². The molecule has 3 atom stereocenters. The van der Waals surface area contributed by atoms with Crippen molar-refractivity contribution in [3.63, 3.8) is 0 Å². The maximum atomic E-state index is 11.2. The largest absolute Gasteiger partial charge is 0.489 e. The standard InChI is InChI=1S/C15H18N2O6/c1-8(18)17-9-2-4-10(5-3-9)23-12-7-16-14(15(21)22)11(12)6-13(19)20/h2-5,11-12,14,16H,6-7H2,1H3,(H,17,18)(H,19,20)(H,21,22)/t11-,12?,14?/m0/s1. The van der Waals surface area contributed by atoms with E-state index >= 15 is 0 Å². The molecule has 0 aliphatic carbocycles. The van der Waals surface area contributed by atoms with E-state index in [0.29, 0.717) is 11.4 Å². The zero-order valence-corrected chi connectivity index (χ0v) is 12.5. The summed E-state index contributed by atoms with van der Waals surface area (Å²) in [5.74, 6) is -2.54. The molecule has 1 aliphatic heterocycles. The summed E-state index contributed by atoms with van der Waals surface area (Å²) in [7, 11) is 0. The fourth-order valence-corrected chi connectivity index (χ4v) is 2.61. The van der Waals surface area contributed by atoms with E-state index in [2.05, 4.69) is 10.6 Å². The second-order valence-electron chi connectivity index (χ2n) is 5.35. The van der Waals surface area contributed by atoms with Gasteiger partial charge in [-0.2, -0.15) is 0 Å². The highest BCUT2D eigenvalue weighted by atomic mass is 16.5. The maximum absolute atomic E-state index is 11.2. The van der Waals surface area contributed by atoms with Gasteiger partial charge in [0.2, 0.25) is 5.91 Å². The Kier molecular flexibility index (Phi) is 5.17. The van der Waals surface area contributed by atoms with Gasteiger partial charge in [-0.3, -0.25) is 14.4 Å². The second kappa shape index (κ2) is 7.10. The minimum absolute atomic E-state index is 0.190. The van der Waals surface area contributed by atoms with E-state index < -0.39 is 30.0 Å². The zero-order chi connectivity index (χ0) is 17.0. The van der Waals surface area contributed by atoms with Gasteiger partial charge in [0, 0.05) is 25.1 Å². The maximum Gasteiger partial charge on any atom is 0.321 e. The molecule has 1 aromatic rings. The third-order valence-corrected chi connectivity index (χ3v) is 3.58. The van der Waals surface area contributed by atoms with Crippen molar-refractivity contribution >= 4 is 23.5 Å². The zero-order valence-electron chi connectivity index (χ0n) is 12.5. The van der Waals surface area contributed by atoms with E-state index in [1.165, 1.54) is 6.92 Å². The number of nitrogens with one attached hydrogen (secondary N) is 2. The molecule has 0 radical (unpaired) electrons. The molecule has 4 N–H and O–H groups in total. The lowest BCUT2D eigenvalue weighted by Crippen LogP contribution is -2.38. The summed E-state index contributed by atoms with van der Waals surface area (Å²) in [5.41, 5.74) is 0.611. The van der Waals surface area contributed by atoms with Crippen LogP contribution in [0.4, 0.5) is 5.69 Å².